The Kier molecular flexibility index (Phi) is 4.84. The van der Waals surface area contributed by atoms with Gasteiger partial charge < -0.3 is 14.1 Å². The molecule has 1 rings (SSSR count). The quantitative estimate of drug-likeness (QED) is 0.770. The Morgan fingerprint density at radius 1 is 1.73 bits per heavy atom. The molecule has 0 aliphatic heterocycles. The molecule has 0 saturated carbocycles. The third-order valence-electron chi connectivity index (χ3n) is 1.90. The van der Waals surface area contributed by atoms with E-state index in [0.29, 0.717) is 18.9 Å². The maximum absolute atomic E-state index is 11.7. The second-order valence-electron chi connectivity index (χ2n) is 3.22. The zero-order valence-corrected chi connectivity index (χ0v) is 10.4. The van der Waals surface area contributed by atoms with Crippen molar-refractivity contribution in [2.24, 2.45) is 0 Å². The van der Waals surface area contributed by atoms with Crippen LogP contribution >= 0.6 is 15.9 Å². The zero-order valence-electron chi connectivity index (χ0n) is 8.77. The molecule has 0 aromatic carbocycles. The predicted octanol–water partition coefficient (Wildman–Crippen LogP) is 1.76. The molecule has 0 spiro atoms. The smallest absolute Gasteiger partial charge is 0.289 e. The Hall–Kier alpha value is -0.810. The van der Waals surface area contributed by atoms with Crippen molar-refractivity contribution in [2.75, 3.05) is 27.3 Å². The molecule has 5 heteroatoms. The summed E-state index contributed by atoms with van der Waals surface area (Å²) in [7, 11) is 3.36. The van der Waals surface area contributed by atoms with Gasteiger partial charge in [0.05, 0.1) is 17.7 Å². The highest BCUT2D eigenvalue weighted by Crippen LogP contribution is 2.07. The highest BCUT2D eigenvalue weighted by molar-refractivity contribution is 9.09. The summed E-state index contributed by atoms with van der Waals surface area (Å²) in [4.78, 5) is 13.4. The molecule has 0 bridgehead atoms. The maximum Gasteiger partial charge on any atom is 0.289 e. The number of ether oxygens (including phenoxy) is 1. The highest BCUT2D eigenvalue weighted by Gasteiger charge is 2.16. The fourth-order valence-corrected chi connectivity index (χ4v) is 1.90. The van der Waals surface area contributed by atoms with Crippen LogP contribution in [0.4, 0.5) is 0 Å². The first-order chi connectivity index (χ1) is 7.15. The number of nitrogens with zero attached hydrogens (tertiary/aromatic N) is 1. The summed E-state index contributed by atoms with van der Waals surface area (Å²) in [6, 6.07) is 3.35. The van der Waals surface area contributed by atoms with Crippen LogP contribution in [0.2, 0.25) is 0 Å². The summed E-state index contributed by atoms with van der Waals surface area (Å²) in [5.41, 5.74) is 0. The minimum atomic E-state index is -0.124. The minimum Gasteiger partial charge on any atom is -0.459 e. The van der Waals surface area contributed by atoms with Gasteiger partial charge in [0.15, 0.2) is 5.76 Å². The molecule has 15 heavy (non-hydrogen) atoms. The fraction of sp³-hybridized carbons (Fsp3) is 0.500. The van der Waals surface area contributed by atoms with Crippen LogP contribution in [0.15, 0.2) is 22.8 Å². The van der Waals surface area contributed by atoms with Gasteiger partial charge in [-0.05, 0) is 12.1 Å². The van der Waals surface area contributed by atoms with E-state index < -0.39 is 0 Å². The Labute approximate surface area is 97.3 Å². The van der Waals surface area contributed by atoms with Gasteiger partial charge in [-0.25, -0.2) is 0 Å². The van der Waals surface area contributed by atoms with Crippen molar-refractivity contribution >= 4 is 21.8 Å². The molecule has 1 unspecified atom stereocenters. The number of hydrogen-bond acceptors (Lipinski definition) is 3. The van der Waals surface area contributed by atoms with E-state index in [9.17, 15) is 4.79 Å². The van der Waals surface area contributed by atoms with Crippen LogP contribution in [0.25, 0.3) is 0 Å². The molecule has 0 aliphatic carbocycles. The van der Waals surface area contributed by atoms with Crippen LogP contribution in [-0.2, 0) is 4.74 Å². The van der Waals surface area contributed by atoms with E-state index in [1.54, 1.807) is 31.2 Å². The van der Waals surface area contributed by atoms with Crippen LogP contribution in [-0.4, -0.2) is 42.9 Å². The summed E-state index contributed by atoms with van der Waals surface area (Å²) in [5, 5.41) is 0. The van der Waals surface area contributed by atoms with Crippen molar-refractivity contribution in [2.45, 2.75) is 4.83 Å². The number of carbonyl (C=O) groups is 1. The van der Waals surface area contributed by atoms with Gasteiger partial charge in [-0.2, -0.15) is 0 Å². The van der Waals surface area contributed by atoms with Gasteiger partial charge in [0, 0.05) is 20.7 Å². The van der Waals surface area contributed by atoms with E-state index >= 15 is 0 Å². The Bertz CT molecular complexity index is 300. The normalized spacial score (nSPS) is 12.5. The van der Waals surface area contributed by atoms with Gasteiger partial charge >= 0.3 is 0 Å². The lowest BCUT2D eigenvalue weighted by atomic mass is 10.3. The third kappa shape index (κ3) is 3.68. The topological polar surface area (TPSA) is 42.7 Å². The van der Waals surface area contributed by atoms with Gasteiger partial charge in [0.2, 0.25) is 0 Å². The second kappa shape index (κ2) is 5.92. The Morgan fingerprint density at radius 3 is 3.00 bits per heavy atom. The lowest BCUT2D eigenvalue weighted by molar-refractivity contribution is 0.0753. The number of furan rings is 1. The molecule has 0 radical (unpaired) electrons. The second-order valence-corrected chi connectivity index (χ2v) is 4.51. The average Bonchev–Trinajstić information content (AvgIpc) is 2.69. The molecule has 1 aromatic rings. The standard InChI is InChI=1S/C10H14BrNO3/c1-12(6-8(11)7-14-2)10(13)9-4-3-5-15-9/h3-5,8H,6-7H2,1-2H3. The largest absolute Gasteiger partial charge is 0.459 e. The van der Waals surface area contributed by atoms with Crippen molar-refractivity contribution in [1.29, 1.82) is 0 Å². The molecule has 84 valence electrons. The number of alkyl halides is 1. The molecule has 0 fully saturated rings. The number of amides is 1. The van der Waals surface area contributed by atoms with Crippen LogP contribution in [0.3, 0.4) is 0 Å². The van der Waals surface area contributed by atoms with Crippen molar-refractivity contribution in [3.63, 3.8) is 0 Å². The molecular formula is C10H14BrNO3. The maximum atomic E-state index is 11.7. The summed E-state index contributed by atoms with van der Waals surface area (Å²) in [6.07, 6.45) is 1.49. The van der Waals surface area contributed by atoms with Crippen molar-refractivity contribution in [3.8, 4) is 0 Å². The van der Waals surface area contributed by atoms with Crippen LogP contribution in [0.1, 0.15) is 10.6 Å². The molecule has 1 heterocycles. The first kappa shape index (κ1) is 12.3. The van der Waals surface area contributed by atoms with Crippen molar-refractivity contribution < 1.29 is 13.9 Å². The predicted molar refractivity (Wildman–Crippen MR) is 60.3 cm³/mol. The van der Waals surface area contributed by atoms with E-state index in [1.165, 1.54) is 6.26 Å². The summed E-state index contributed by atoms with van der Waals surface area (Å²) in [5.74, 6) is 0.232. The third-order valence-corrected chi connectivity index (χ3v) is 2.45. The first-order valence-corrected chi connectivity index (χ1v) is 5.48. The Balaban J connectivity index is 2.47. The van der Waals surface area contributed by atoms with E-state index in [4.69, 9.17) is 9.15 Å². The van der Waals surface area contributed by atoms with Gasteiger partial charge in [-0.1, -0.05) is 15.9 Å². The molecule has 1 aromatic heterocycles. The number of carbonyl (C=O) groups excluding carboxylic acids is 1. The molecule has 4 nitrogen and oxygen atoms in total. The van der Waals surface area contributed by atoms with Crippen LogP contribution in [0.5, 0.6) is 0 Å². The number of rotatable bonds is 5. The van der Waals surface area contributed by atoms with E-state index in [-0.39, 0.29) is 10.7 Å². The van der Waals surface area contributed by atoms with E-state index in [1.807, 2.05) is 0 Å². The monoisotopic (exact) mass is 275 g/mol. The molecule has 1 atom stereocenters. The van der Waals surface area contributed by atoms with E-state index in [2.05, 4.69) is 15.9 Å². The zero-order chi connectivity index (χ0) is 11.3. The molecule has 0 N–H and O–H groups in total. The highest BCUT2D eigenvalue weighted by atomic mass is 79.9. The SMILES string of the molecule is COCC(Br)CN(C)C(=O)c1ccco1. The first-order valence-electron chi connectivity index (χ1n) is 4.57. The summed E-state index contributed by atoms with van der Waals surface area (Å²) >= 11 is 3.42. The van der Waals surface area contributed by atoms with Gasteiger partial charge in [0.1, 0.15) is 0 Å². The molecule has 0 saturated heterocycles. The average molecular weight is 276 g/mol. The van der Waals surface area contributed by atoms with E-state index in [0.717, 1.165) is 0 Å². The molecule has 1 amide bonds. The summed E-state index contributed by atoms with van der Waals surface area (Å²) in [6.45, 7) is 1.14. The minimum absolute atomic E-state index is 0.124. The van der Waals surface area contributed by atoms with Crippen LogP contribution < -0.4 is 0 Å². The lowest BCUT2D eigenvalue weighted by Crippen LogP contribution is -2.33. The van der Waals surface area contributed by atoms with Gasteiger partial charge in [-0.15, -0.1) is 0 Å². The van der Waals surface area contributed by atoms with Gasteiger partial charge in [0.25, 0.3) is 5.91 Å². The van der Waals surface area contributed by atoms with Crippen molar-refractivity contribution in [3.05, 3.63) is 24.2 Å². The number of halogens is 1. The lowest BCUT2D eigenvalue weighted by Gasteiger charge is -2.18. The van der Waals surface area contributed by atoms with Crippen molar-refractivity contribution in [1.82, 2.24) is 4.90 Å². The van der Waals surface area contributed by atoms with Crippen LogP contribution in [0, 0.1) is 0 Å². The fourth-order valence-electron chi connectivity index (χ4n) is 1.20. The number of methoxy groups -OCH3 is 1. The Morgan fingerprint density at radius 2 is 2.47 bits per heavy atom. The summed E-state index contributed by atoms with van der Waals surface area (Å²) < 4.78 is 9.99. The molecular weight excluding hydrogens is 262 g/mol. The number of hydrogen-bond donors (Lipinski definition) is 0. The van der Waals surface area contributed by atoms with Gasteiger partial charge in [-0.3, -0.25) is 4.79 Å². The molecule has 0 aliphatic rings.